The lowest BCUT2D eigenvalue weighted by Gasteiger charge is -2.10. The van der Waals surface area contributed by atoms with Gasteiger partial charge in [-0.15, -0.1) is 0 Å². The lowest BCUT2D eigenvalue weighted by molar-refractivity contribution is -0.384. The number of nitro benzene ring substituents is 1. The third kappa shape index (κ3) is 4.12. The molecular formula is C18H14N4O4. The van der Waals surface area contributed by atoms with Gasteiger partial charge in [-0.2, -0.15) is 0 Å². The van der Waals surface area contributed by atoms with Crippen molar-refractivity contribution >= 4 is 29.0 Å². The highest BCUT2D eigenvalue weighted by Gasteiger charge is 2.12. The molecule has 130 valence electrons. The molecule has 0 saturated carbocycles. The van der Waals surface area contributed by atoms with Gasteiger partial charge in [0.1, 0.15) is 5.82 Å². The highest BCUT2D eigenvalue weighted by Crippen LogP contribution is 2.30. The number of pyridine rings is 1. The summed E-state index contributed by atoms with van der Waals surface area (Å²) in [5.41, 5.74) is 2.43. The molecule has 2 aromatic carbocycles. The van der Waals surface area contributed by atoms with E-state index >= 15 is 0 Å². The van der Waals surface area contributed by atoms with Crippen LogP contribution in [0.2, 0.25) is 0 Å². The maximum Gasteiger partial charge on any atom is 0.410 e. The number of para-hydroxylation sites is 1. The zero-order valence-electron chi connectivity index (χ0n) is 13.4. The molecule has 0 saturated heterocycles. The number of carbonyl (C=O) groups is 1. The highest BCUT2D eigenvalue weighted by atomic mass is 16.6. The van der Waals surface area contributed by atoms with Crippen LogP contribution >= 0.6 is 0 Å². The molecular weight excluding hydrogens is 336 g/mol. The fourth-order valence-corrected chi connectivity index (χ4v) is 2.43. The first-order valence-corrected chi connectivity index (χ1v) is 7.59. The van der Waals surface area contributed by atoms with Gasteiger partial charge < -0.3 is 10.4 Å². The molecule has 3 N–H and O–H groups in total. The second-order valence-corrected chi connectivity index (χ2v) is 5.38. The van der Waals surface area contributed by atoms with Crippen molar-refractivity contribution in [3.63, 3.8) is 0 Å². The predicted molar refractivity (Wildman–Crippen MR) is 97.7 cm³/mol. The highest BCUT2D eigenvalue weighted by molar-refractivity contribution is 5.83. The van der Waals surface area contributed by atoms with Gasteiger partial charge in [0, 0.05) is 29.7 Å². The number of non-ortho nitro benzene ring substituents is 1. The number of rotatable bonds is 5. The van der Waals surface area contributed by atoms with Crippen molar-refractivity contribution in [2.75, 3.05) is 10.6 Å². The van der Waals surface area contributed by atoms with Gasteiger partial charge in [0.05, 0.1) is 4.92 Å². The summed E-state index contributed by atoms with van der Waals surface area (Å²) < 4.78 is 0. The molecule has 1 aromatic heterocycles. The number of aromatic nitrogens is 1. The molecule has 0 spiro atoms. The molecule has 0 fully saturated rings. The maximum atomic E-state index is 11.3. The monoisotopic (exact) mass is 350 g/mol. The first-order valence-electron chi connectivity index (χ1n) is 7.59. The van der Waals surface area contributed by atoms with Crippen molar-refractivity contribution in [3.05, 3.63) is 77.0 Å². The fourth-order valence-electron chi connectivity index (χ4n) is 2.43. The van der Waals surface area contributed by atoms with Crippen LogP contribution in [0.15, 0.2) is 66.9 Å². The molecule has 0 aliphatic rings. The third-order valence-corrected chi connectivity index (χ3v) is 3.52. The first kappa shape index (κ1) is 16.9. The van der Waals surface area contributed by atoms with Crippen LogP contribution in [0.4, 0.5) is 27.7 Å². The average Bonchev–Trinajstić information content (AvgIpc) is 2.62. The molecule has 0 radical (unpaired) electrons. The van der Waals surface area contributed by atoms with Gasteiger partial charge in [0.15, 0.2) is 0 Å². The summed E-state index contributed by atoms with van der Waals surface area (Å²) in [5.74, 6) is 0.138. The van der Waals surface area contributed by atoms with Gasteiger partial charge in [-0.1, -0.05) is 18.2 Å². The summed E-state index contributed by atoms with van der Waals surface area (Å²) in [7, 11) is 0. The molecule has 1 heterocycles. The maximum absolute atomic E-state index is 11.3. The van der Waals surface area contributed by atoms with E-state index in [4.69, 9.17) is 5.11 Å². The van der Waals surface area contributed by atoms with E-state index in [0.29, 0.717) is 16.8 Å². The van der Waals surface area contributed by atoms with Gasteiger partial charge in [0.25, 0.3) is 5.69 Å². The van der Waals surface area contributed by atoms with Crippen LogP contribution in [0.25, 0.3) is 11.1 Å². The molecule has 8 heteroatoms. The van der Waals surface area contributed by atoms with Crippen LogP contribution in [-0.4, -0.2) is 21.1 Å². The van der Waals surface area contributed by atoms with E-state index in [1.807, 2.05) is 30.3 Å². The first-order chi connectivity index (χ1) is 12.5. The number of hydrogen-bond acceptors (Lipinski definition) is 5. The molecule has 0 aliphatic carbocycles. The average molecular weight is 350 g/mol. The van der Waals surface area contributed by atoms with Crippen LogP contribution < -0.4 is 10.6 Å². The van der Waals surface area contributed by atoms with Crippen LogP contribution in [0.1, 0.15) is 0 Å². The van der Waals surface area contributed by atoms with E-state index in [2.05, 4.69) is 15.6 Å². The number of nitro groups is 1. The number of nitrogens with one attached hydrogen (secondary N) is 2. The second kappa shape index (κ2) is 7.31. The SMILES string of the molecule is O=C(O)Nc1cc(-c2cc(Nc3ccccc3)cc([N+](=O)[O-])c2)ccn1. The van der Waals surface area contributed by atoms with Crippen molar-refractivity contribution in [3.8, 4) is 11.1 Å². The number of amides is 1. The number of benzene rings is 2. The summed E-state index contributed by atoms with van der Waals surface area (Å²) in [5, 5.41) is 25.4. The van der Waals surface area contributed by atoms with Crippen molar-refractivity contribution in [2.45, 2.75) is 0 Å². The lowest BCUT2D eigenvalue weighted by atomic mass is 10.0. The van der Waals surface area contributed by atoms with Crippen molar-refractivity contribution in [2.24, 2.45) is 0 Å². The Morgan fingerprint density at radius 1 is 1.00 bits per heavy atom. The Morgan fingerprint density at radius 3 is 2.46 bits per heavy atom. The number of anilines is 3. The molecule has 8 nitrogen and oxygen atoms in total. The lowest BCUT2D eigenvalue weighted by Crippen LogP contribution is -2.08. The smallest absolute Gasteiger partial charge is 0.410 e. The topological polar surface area (TPSA) is 117 Å². The van der Waals surface area contributed by atoms with Crippen LogP contribution in [0.5, 0.6) is 0 Å². The number of carboxylic acid groups (broad SMARTS) is 1. The van der Waals surface area contributed by atoms with Gasteiger partial charge in [-0.25, -0.2) is 9.78 Å². The Bertz CT molecular complexity index is 960. The largest absolute Gasteiger partial charge is 0.465 e. The van der Waals surface area contributed by atoms with Crippen molar-refractivity contribution in [1.29, 1.82) is 0 Å². The Kier molecular flexibility index (Phi) is 4.75. The minimum atomic E-state index is -1.24. The molecule has 26 heavy (non-hydrogen) atoms. The van der Waals surface area contributed by atoms with E-state index in [0.717, 1.165) is 5.69 Å². The molecule has 0 aliphatic heterocycles. The Morgan fingerprint density at radius 2 is 1.77 bits per heavy atom. The minimum Gasteiger partial charge on any atom is -0.465 e. The molecule has 0 unspecified atom stereocenters. The van der Waals surface area contributed by atoms with Crippen LogP contribution in [0, 0.1) is 10.1 Å². The molecule has 3 rings (SSSR count). The second-order valence-electron chi connectivity index (χ2n) is 5.38. The fraction of sp³-hybridized carbons (Fsp3) is 0. The zero-order chi connectivity index (χ0) is 18.5. The van der Waals surface area contributed by atoms with E-state index in [1.54, 1.807) is 12.1 Å². The molecule has 1 amide bonds. The minimum absolute atomic E-state index is 0.0783. The summed E-state index contributed by atoms with van der Waals surface area (Å²) in [6, 6.07) is 17.1. The zero-order valence-corrected chi connectivity index (χ0v) is 13.4. The number of nitrogens with zero attached hydrogens (tertiary/aromatic N) is 2. The molecule has 0 bridgehead atoms. The Labute approximate surface area is 148 Å². The van der Waals surface area contributed by atoms with E-state index in [-0.39, 0.29) is 11.5 Å². The van der Waals surface area contributed by atoms with Crippen molar-refractivity contribution in [1.82, 2.24) is 4.98 Å². The Balaban J connectivity index is 2.01. The quantitative estimate of drug-likeness (QED) is 0.461. The summed E-state index contributed by atoms with van der Waals surface area (Å²) in [6.07, 6.45) is 0.198. The predicted octanol–water partition coefficient (Wildman–Crippen LogP) is 4.49. The van der Waals surface area contributed by atoms with E-state index in [1.165, 1.54) is 24.4 Å². The molecule has 0 atom stereocenters. The van der Waals surface area contributed by atoms with Gasteiger partial charge in [-0.3, -0.25) is 15.4 Å². The van der Waals surface area contributed by atoms with Gasteiger partial charge >= 0.3 is 6.09 Å². The van der Waals surface area contributed by atoms with Crippen LogP contribution in [-0.2, 0) is 0 Å². The Hall–Kier alpha value is -3.94. The third-order valence-electron chi connectivity index (χ3n) is 3.52. The van der Waals surface area contributed by atoms with Crippen LogP contribution in [0.3, 0.4) is 0 Å². The number of hydrogen-bond donors (Lipinski definition) is 3. The van der Waals surface area contributed by atoms with E-state index in [9.17, 15) is 14.9 Å². The standard InChI is InChI=1S/C18H14N4O4/c23-18(24)21-17-10-12(6-7-19-17)13-8-15(11-16(9-13)22(25)26)20-14-4-2-1-3-5-14/h1-11,20H,(H,19,21)(H,23,24). The van der Waals surface area contributed by atoms with E-state index < -0.39 is 11.0 Å². The van der Waals surface area contributed by atoms with Crippen molar-refractivity contribution < 1.29 is 14.8 Å². The molecule has 3 aromatic rings. The summed E-state index contributed by atoms with van der Waals surface area (Å²) in [4.78, 5) is 25.5. The summed E-state index contributed by atoms with van der Waals surface area (Å²) in [6.45, 7) is 0. The van der Waals surface area contributed by atoms with Gasteiger partial charge in [-0.05, 0) is 41.5 Å². The normalized spacial score (nSPS) is 10.2. The van der Waals surface area contributed by atoms with Gasteiger partial charge in [0.2, 0.25) is 0 Å². The summed E-state index contributed by atoms with van der Waals surface area (Å²) >= 11 is 0.